The number of anilines is 3. The van der Waals surface area contributed by atoms with E-state index in [9.17, 15) is 4.79 Å². The summed E-state index contributed by atoms with van der Waals surface area (Å²) in [5.74, 6) is 0.752. The highest BCUT2D eigenvalue weighted by Gasteiger charge is 2.24. The number of pyridine rings is 1. The molecule has 0 spiro atoms. The summed E-state index contributed by atoms with van der Waals surface area (Å²) in [7, 11) is 5.79. The molecule has 0 aliphatic rings. The first-order chi connectivity index (χ1) is 13.9. The molecule has 1 unspecified atom stereocenters. The van der Waals surface area contributed by atoms with Gasteiger partial charge in [-0.2, -0.15) is 0 Å². The molecule has 1 N–H and O–H groups in total. The van der Waals surface area contributed by atoms with Crippen LogP contribution in [-0.2, 0) is 4.79 Å². The largest absolute Gasteiger partial charge is 0.377 e. The Morgan fingerprint density at radius 2 is 1.55 bits per heavy atom. The van der Waals surface area contributed by atoms with Crippen molar-refractivity contribution in [1.29, 1.82) is 0 Å². The first-order valence-corrected chi connectivity index (χ1v) is 10.6. The van der Waals surface area contributed by atoms with Crippen LogP contribution >= 0.6 is 31.9 Å². The average molecular weight is 518 g/mol. The maximum absolute atomic E-state index is 11.6. The third-order valence-electron chi connectivity index (χ3n) is 4.58. The van der Waals surface area contributed by atoms with Gasteiger partial charge in [0, 0.05) is 58.8 Å². The second-order valence-corrected chi connectivity index (χ2v) is 8.64. The van der Waals surface area contributed by atoms with Gasteiger partial charge in [0.25, 0.3) is 0 Å². The van der Waals surface area contributed by atoms with Gasteiger partial charge in [-0.25, -0.2) is 4.98 Å². The zero-order chi connectivity index (χ0) is 21.0. The Morgan fingerprint density at radius 1 is 0.931 bits per heavy atom. The quantitative estimate of drug-likeness (QED) is 0.422. The van der Waals surface area contributed by atoms with Crippen molar-refractivity contribution in [2.75, 3.05) is 36.3 Å². The van der Waals surface area contributed by atoms with E-state index >= 15 is 0 Å². The molecule has 3 aromatic rings. The van der Waals surface area contributed by atoms with Crippen LogP contribution in [0, 0.1) is 0 Å². The smallest absolute Gasteiger partial charge is 0.213 e. The Kier molecular flexibility index (Phi) is 6.92. The minimum atomic E-state index is -0.241. The van der Waals surface area contributed by atoms with Gasteiger partial charge in [0.05, 0.1) is 6.04 Å². The first-order valence-electron chi connectivity index (χ1n) is 9.02. The van der Waals surface area contributed by atoms with Crippen molar-refractivity contribution in [3.05, 3.63) is 80.9 Å². The van der Waals surface area contributed by atoms with E-state index in [1.54, 1.807) is 18.1 Å². The van der Waals surface area contributed by atoms with Gasteiger partial charge in [-0.05, 0) is 48.5 Å². The summed E-state index contributed by atoms with van der Waals surface area (Å²) < 4.78 is 1.91. The van der Waals surface area contributed by atoms with Gasteiger partial charge in [-0.1, -0.05) is 37.9 Å². The molecular formula is C22H22Br2N4O. The second kappa shape index (κ2) is 9.41. The van der Waals surface area contributed by atoms with Crippen LogP contribution in [0.2, 0.25) is 0 Å². The lowest BCUT2D eigenvalue weighted by atomic mass is 9.94. The number of halogens is 2. The summed E-state index contributed by atoms with van der Waals surface area (Å²) in [5, 5.41) is 3.56. The summed E-state index contributed by atoms with van der Waals surface area (Å²) in [5.41, 5.74) is 3.91. The minimum absolute atomic E-state index is 0.241. The van der Waals surface area contributed by atoms with Crippen LogP contribution in [0.25, 0.3) is 0 Å². The van der Waals surface area contributed by atoms with Gasteiger partial charge < -0.3 is 15.1 Å². The number of nitrogens with one attached hydrogen (secondary N) is 1. The van der Waals surface area contributed by atoms with Gasteiger partial charge in [-0.15, -0.1) is 0 Å². The fourth-order valence-electron chi connectivity index (χ4n) is 3.22. The lowest BCUT2D eigenvalue weighted by molar-refractivity contribution is -0.107. The van der Waals surface area contributed by atoms with Crippen molar-refractivity contribution < 1.29 is 4.79 Å². The lowest BCUT2D eigenvalue weighted by Gasteiger charge is -2.29. The van der Waals surface area contributed by atoms with Gasteiger partial charge in [0.15, 0.2) is 0 Å². The Balaban J connectivity index is 2.25. The van der Waals surface area contributed by atoms with E-state index in [1.165, 1.54) is 0 Å². The monoisotopic (exact) mass is 516 g/mol. The summed E-state index contributed by atoms with van der Waals surface area (Å²) in [4.78, 5) is 19.7. The number of carbonyl (C=O) groups is 1. The predicted molar refractivity (Wildman–Crippen MR) is 127 cm³/mol. The summed E-state index contributed by atoms with van der Waals surface area (Å²) in [6.07, 6.45) is 2.57. The molecule has 3 rings (SSSR count). The van der Waals surface area contributed by atoms with E-state index in [1.807, 2.05) is 56.6 Å². The number of benzene rings is 2. The van der Waals surface area contributed by atoms with Crippen molar-refractivity contribution in [2.24, 2.45) is 0 Å². The van der Waals surface area contributed by atoms with Crippen LogP contribution in [-0.4, -0.2) is 32.5 Å². The molecule has 7 heteroatoms. The number of rotatable bonds is 7. The van der Waals surface area contributed by atoms with Crippen LogP contribution < -0.4 is 15.1 Å². The van der Waals surface area contributed by atoms with E-state index in [2.05, 4.69) is 59.2 Å². The molecule has 1 aromatic heterocycles. The van der Waals surface area contributed by atoms with Crippen molar-refractivity contribution in [2.45, 2.75) is 6.04 Å². The standard InChI is InChI=1S/C22H22Br2N4O/c1-27(2)19-9-7-15(23)12-17(19)22(26-21-6-4-5-11-25-21)18-13-16(24)8-10-20(18)28(3)14-29/h4-14,22H,1-3H3,(H,25,26). The van der Waals surface area contributed by atoms with Gasteiger partial charge in [0.1, 0.15) is 5.82 Å². The van der Waals surface area contributed by atoms with Gasteiger partial charge in [-0.3, -0.25) is 4.79 Å². The van der Waals surface area contributed by atoms with E-state index in [0.29, 0.717) is 0 Å². The van der Waals surface area contributed by atoms with Crippen LogP contribution in [0.15, 0.2) is 69.7 Å². The first kappa shape index (κ1) is 21.3. The molecule has 2 aromatic carbocycles. The third-order valence-corrected chi connectivity index (χ3v) is 5.56. The molecule has 0 aliphatic carbocycles. The van der Waals surface area contributed by atoms with Crippen molar-refractivity contribution in [3.63, 3.8) is 0 Å². The maximum Gasteiger partial charge on any atom is 0.213 e. The van der Waals surface area contributed by atoms with E-state index < -0.39 is 0 Å². The number of carbonyl (C=O) groups excluding carboxylic acids is 1. The minimum Gasteiger partial charge on any atom is -0.377 e. The molecule has 0 saturated heterocycles. The summed E-state index contributed by atoms with van der Waals surface area (Å²) in [6.45, 7) is 0. The zero-order valence-corrected chi connectivity index (χ0v) is 19.6. The van der Waals surface area contributed by atoms with Crippen LogP contribution in [0.1, 0.15) is 17.2 Å². The second-order valence-electron chi connectivity index (χ2n) is 6.81. The molecule has 1 amide bonds. The fourth-order valence-corrected chi connectivity index (χ4v) is 3.98. The van der Waals surface area contributed by atoms with Crippen molar-refractivity contribution in [3.8, 4) is 0 Å². The zero-order valence-electron chi connectivity index (χ0n) is 16.4. The number of hydrogen-bond donors (Lipinski definition) is 1. The Morgan fingerprint density at radius 3 is 2.10 bits per heavy atom. The molecule has 150 valence electrons. The summed E-state index contributed by atoms with van der Waals surface area (Å²) in [6, 6.07) is 17.6. The number of hydrogen-bond acceptors (Lipinski definition) is 4. The molecule has 0 bridgehead atoms. The Labute approximate surface area is 188 Å². The normalized spacial score (nSPS) is 11.6. The Hall–Kier alpha value is -2.38. The molecule has 0 radical (unpaired) electrons. The van der Waals surface area contributed by atoms with E-state index in [4.69, 9.17) is 0 Å². The van der Waals surface area contributed by atoms with E-state index in [-0.39, 0.29) is 6.04 Å². The van der Waals surface area contributed by atoms with Gasteiger partial charge >= 0.3 is 0 Å². The SMILES string of the molecule is CN(C)c1ccc(Br)cc1C(Nc1ccccn1)c1cc(Br)ccc1N(C)C=O. The highest BCUT2D eigenvalue weighted by Crippen LogP contribution is 2.39. The summed E-state index contributed by atoms with van der Waals surface area (Å²) >= 11 is 7.20. The average Bonchev–Trinajstić information content (AvgIpc) is 2.72. The molecule has 0 saturated carbocycles. The van der Waals surface area contributed by atoms with Gasteiger partial charge in [0.2, 0.25) is 6.41 Å². The van der Waals surface area contributed by atoms with Crippen LogP contribution in [0.4, 0.5) is 17.2 Å². The Bertz CT molecular complexity index is 995. The molecule has 29 heavy (non-hydrogen) atoms. The molecule has 1 atom stereocenters. The highest BCUT2D eigenvalue weighted by molar-refractivity contribution is 9.10. The molecule has 0 aliphatic heterocycles. The topological polar surface area (TPSA) is 48.5 Å². The van der Waals surface area contributed by atoms with E-state index in [0.717, 1.165) is 43.7 Å². The molecule has 0 fully saturated rings. The molecule has 5 nitrogen and oxygen atoms in total. The fraction of sp³-hybridized carbons (Fsp3) is 0.182. The third kappa shape index (κ3) is 4.97. The maximum atomic E-state index is 11.6. The number of nitrogens with zero attached hydrogens (tertiary/aromatic N) is 3. The molecule has 1 heterocycles. The molecular weight excluding hydrogens is 496 g/mol. The van der Waals surface area contributed by atoms with Crippen molar-refractivity contribution >= 4 is 55.5 Å². The number of aromatic nitrogens is 1. The predicted octanol–water partition coefficient (Wildman–Crippen LogP) is 5.47. The van der Waals surface area contributed by atoms with Crippen molar-refractivity contribution in [1.82, 2.24) is 4.98 Å². The number of amides is 1. The lowest BCUT2D eigenvalue weighted by Crippen LogP contribution is -2.22. The van der Waals surface area contributed by atoms with Crippen LogP contribution in [0.3, 0.4) is 0 Å². The highest BCUT2D eigenvalue weighted by atomic mass is 79.9. The van der Waals surface area contributed by atoms with Crippen LogP contribution in [0.5, 0.6) is 0 Å².